The molecule has 0 saturated heterocycles. The Bertz CT molecular complexity index is 965. The van der Waals surface area contributed by atoms with Crippen LogP contribution in [-0.4, -0.2) is 25.1 Å². The predicted octanol–water partition coefficient (Wildman–Crippen LogP) is 2.30. The second kappa shape index (κ2) is 8.30. The maximum Gasteiger partial charge on any atom is 0.336 e. The molecular weight excluding hydrogens is 356 g/mol. The lowest BCUT2D eigenvalue weighted by molar-refractivity contribution is -0.122. The topological polar surface area (TPSA) is 97.6 Å². The fraction of sp³-hybridized carbons (Fsp3) is 0.167. The highest BCUT2D eigenvalue weighted by Crippen LogP contribution is 2.19. The van der Waals surface area contributed by atoms with Gasteiger partial charge in [-0.1, -0.05) is 6.07 Å². The van der Waals surface area contributed by atoms with Gasteiger partial charge in [0.15, 0.2) is 6.61 Å². The van der Waals surface area contributed by atoms with Gasteiger partial charge in [0.1, 0.15) is 11.3 Å². The number of amides is 3. The number of carbonyl (C=O) groups is 2. The number of urea groups is 1. The molecule has 26 heavy (non-hydrogen) atoms. The van der Waals surface area contributed by atoms with Crippen LogP contribution in [0.2, 0.25) is 0 Å². The Morgan fingerprint density at radius 1 is 1.15 bits per heavy atom. The van der Waals surface area contributed by atoms with Crippen LogP contribution in [0, 0.1) is 0 Å². The van der Waals surface area contributed by atoms with Gasteiger partial charge in [-0.2, -0.15) is 0 Å². The van der Waals surface area contributed by atoms with E-state index < -0.39 is 17.6 Å². The minimum atomic E-state index is -0.576. The quantitative estimate of drug-likeness (QED) is 0.647. The van der Waals surface area contributed by atoms with Gasteiger partial charge in [0.05, 0.1) is 0 Å². The summed E-state index contributed by atoms with van der Waals surface area (Å²) in [6, 6.07) is 11.2. The lowest BCUT2D eigenvalue weighted by Gasteiger charge is -2.08. The Hall–Kier alpha value is -3.13. The number of hydrogen-bond acceptors (Lipinski definition) is 6. The summed E-state index contributed by atoms with van der Waals surface area (Å²) >= 11 is 1.61. The number of rotatable bonds is 6. The van der Waals surface area contributed by atoms with Gasteiger partial charge in [-0.15, -0.1) is 11.3 Å². The molecule has 7 nitrogen and oxygen atoms in total. The lowest BCUT2D eigenvalue weighted by Crippen LogP contribution is -2.42. The lowest BCUT2D eigenvalue weighted by atomic mass is 10.2. The normalized spacial score (nSPS) is 10.5. The minimum Gasteiger partial charge on any atom is -0.484 e. The van der Waals surface area contributed by atoms with Crippen LogP contribution in [-0.2, 0) is 11.2 Å². The molecule has 2 N–H and O–H groups in total. The average Bonchev–Trinajstić information content (AvgIpc) is 3.13. The van der Waals surface area contributed by atoms with Crippen molar-refractivity contribution in [2.24, 2.45) is 0 Å². The zero-order valence-corrected chi connectivity index (χ0v) is 14.5. The number of ether oxygens (including phenoxy) is 1. The molecule has 3 rings (SSSR count). The summed E-state index contributed by atoms with van der Waals surface area (Å²) in [6.45, 7) is 0.102. The summed E-state index contributed by atoms with van der Waals surface area (Å²) in [5.74, 6) is -0.215. The Balaban J connectivity index is 1.44. The van der Waals surface area contributed by atoms with Crippen LogP contribution in [0.3, 0.4) is 0 Å². The molecule has 0 fully saturated rings. The van der Waals surface area contributed by atoms with E-state index in [1.54, 1.807) is 29.5 Å². The van der Waals surface area contributed by atoms with Crippen LogP contribution in [0.1, 0.15) is 4.88 Å². The molecule has 0 saturated carbocycles. The van der Waals surface area contributed by atoms with Gasteiger partial charge < -0.3 is 14.5 Å². The summed E-state index contributed by atoms with van der Waals surface area (Å²) in [6.07, 6.45) is 0.706. The Labute approximate surface area is 152 Å². The fourth-order valence-electron chi connectivity index (χ4n) is 2.24. The molecule has 2 aromatic heterocycles. The van der Waals surface area contributed by atoms with E-state index in [1.807, 2.05) is 17.5 Å². The first-order chi connectivity index (χ1) is 12.6. The van der Waals surface area contributed by atoms with Crippen molar-refractivity contribution in [3.8, 4) is 5.75 Å². The molecule has 134 valence electrons. The molecule has 3 aromatic rings. The van der Waals surface area contributed by atoms with Crippen molar-refractivity contribution < 1.29 is 18.7 Å². The smallest absolute Gasteiger partial charge is 0.336 e. The number of benzene rings is 1. The van der Waals surface area contributed by atoms with Gasteiger partial charge in [-0.25, -0.2) is 9.59 Å². The number of nitrogens with one attached hydrogen (secondary N) is 2. The molecule has 0 spiro atoms. The summed E-state index contributed by atoms with van der Waals surface area (Å²) < 4.78 is 10.4. The van der Waals surface area contributed by atoms with Crippen LogP contribution in [0.15, 0.2) is 57.1 Å². The molecule has 0 radical (unpaired) electrons. The van der Waals surface area contributed by atoms with Gasteiger partial charge >= 0.3 is 11.7 Å². The van der Waals surface area contributed by atoms with E-state index in [0.717, 1.165) is 10.3 Å². The van der Waals surface area contributed by atoms with E-state index >= 15 is 0 Å². The minimum absolute atomic E-state index is 0.332. The maximum atomic E-state index is 11.8. The fourth-order valence-corrected chi connectivity index (χ4v) is 2.95. The molecule has 2 heterocycles. The Morgan fingerprint density at radius 3 is 2.81 bits per heavy atom. The first-order valence-corrected chi connectivity index (χ1v) is 8.75. The maximum absolute atomic E-state index is 11.8. The second-order valence-corrected chi connectivity index (χ2v) is 6.41. The van der Waals surface area contributed by atoms with Crippen molar-refractivity contribution in [1.29, 1.82) is 0 Å². The van der Waals surface area contributed by atoms with Gasteiger partial charge in [0.25, 0.3) is 5.91 Å². The van der Waals surface area contributed by atoms with Gasteiger partial charge in [0, 0.05) is 28.9 Å². The van der Waals surface area contributed by atoms with Crippen molar-refractivity contribution in [3.63, 3.8) is 0 Å². The highest BCUT2D eigenvalue weighted by atomic mass is 32.1. The van der Waals surface area contributed by atoms with Gasteiger partial charge in [-0.3, -0.25) is 10.1 Å². The van der Waals surface area contributed by atoms with Crippen LogP contribution >= 0.6 is 11.3 Å². The zero-order valence-electron chi connectivity index (χ0n) is 13.7. The molecular formula is C18H16N2O5S. The Morgan fingerprint density at radius 2 is 2.00 bits per heavy atom. The third-order valence-electron chi connectivity index (χ3n) is 3.45. The number of hydrogen-bond donors (Lipinski definition) is 2. The highest BCUT2D eigenvalue weighted by Gasteiger charge is 2.09. The molecule has 0 bridgehead atoms. The van der Waals surface area contributed by atoms with E-state index in [9.17, 15) is 14.4 Å². The SMILES string of the molecule is O=C(COc1ccc2ccc(=O)oc2c1)NC(=O)NCCc1cccs1. The molecule has 0 aliphatic carbocycles. The van der Waals surface area contributed by atoms with Gasteiger partial charge in [0.2, 0.25) is 0 Å². The summed E-state index contributed by atoms with van der Waals surface area (Å²) in [4.78, 5) is 35.8. The van der Waals surface area contributed by atoms with Crippen molar-refractivity contribution in [3.05, 3.63) is 63.1 Å². The molecule has 0 atom stereocenters. The van der Waals surface area contributed by atoms with E-state index in [0.29, 0.717) is 24.3 Å². The number of carbonyl (C=O) groups excluding carboxylic acids is 2. The van der Waals surface area contributed by atoms with Gasteiger partial charge in [-0.05, 0) is 36.1 Å². The zero-order chi connectivity index (χ0) is 18.4. The first kappa shape index (κ1) is 17.7. The summed E-state index contributed by atoms with van der Waals surface area (Å²) in [7, 11) is 0. The molecule has 0 aliphatic heterocycles. The molecule has 8 heteroatoms. The van der Waals surface area contributed by atoms with Crippen molar-refractivity contribution in [2.75, 3.05) is 13.2 Å². The first-order valence-electron chi connectivity index (χ1n) is 7.87. The highest BCUT2D eigenvalue weighted by molar-refractivity contribution is 7.09. The van der Waals surface area contributed by atoms with Crippen molar-refractivity contribution in [1.82, 2.24) is 10.6 Å². The molecule has 0 aliphatic rings. The molecule has 1 aromatic carbocycles. The molecule has 0 unspecified atom stereocenters. The third-order valence-corrected chi connectivity index (χ3v) is 4.39. The second-order valence-electron chi connectivity index (χ2n) is 5.38. The predicted molar refractivity (Wildman–Crippen MR) is 97.5 cm³/mol. The van der Waals surface area contributed by atoms with Crippen LogP contribution in [0.25, 0.3) is 11.0 Å². The number of imide groups is 1. The van der Waals surface area contributed by atoms with E-state index in [4.69, 9.17) is 9.15 Å². The van der Waals surface area contributed by atoms with Crippen LogP contribution in [0.4, 0.5) is 4.79 Å². The standard InChI is InChI=1S/C18H16N2O5S/c21-16(20-18(23)19-8-7-14-2-1-9-26-14)11-24-13-5-3-12-4-6-17(22)25-15(12)10-13/h1-6,9-10H,7-8,11H2,(H2,19,20,21,23). The Kier molecular flexibility index (Phi) is 5.65. The van der Waals surface area contributed by atoms with E-state index in [-0.39, 0.29) is 6.61 Å². The van der Waals surface area contributed by atoms with Crippen molar-refractivity contribution in [2.45, 2.75) is 6.42 Å². The van der Waals surface area contributed by atoms with Crippen LogP contribution in [0.5, 0.6) is 5.75 Å². The summed E-state index contributed by atoms with van der Waals surface area (Å²) in [5.41, 5.74) is -0.103. The number of fused-ring (bicyclic) bond motifs is 1. The third kappa shape index (κ3) is 4.93. The number of thiophene rings is 1. The average molecular weight is 372 g/mol. The van der Waals surface area contributed by atoms with E-state index in [2.05, 4.69) is 10.6 Å². The monoisotopic (exact) mass is 372 g/mol. The van der Waals surface area contributed by atoms with E-state index in [1.165, 1.54) is 12.1 Å². The van der Waals surface area contributed by atoms with Crippen molar-refractivity contribution >= 4 is 34.2 Å². The molecule has 3 amide bonds. The van der Waals surface area contributed by atoms with Crippen LogP contribution < -0.4 is 21.0 Å². The summed E-state index contributed by atoms with van der Waals surface area (Å²) in [5, 5.41) is 7.51. The largest absolute Gasteiger partial charge is 0.484 e.